The third kappa shape index (κ3) is 6.38. The van der Waals surface area contributed by atoms with Gasteiger partial charge in [0.15, 0.2) is 0 Å². The Balaban J connectivity index is 1.44. The largest absolute Gasteiger partial charge is 0.377 e. The number of benzene rings is 2. The molecule has 1 atom stereocenters. The highest BCUT2D eigenvalue weighted by Crippen LogP contribution is 2.16. The Labute approximate surface area is 176 Å². The van der Waals surface area contributed by atoms with Gasteiger partial charge in [-0.1, -0.05) is 18.2 Å². The zero-order chi connectivity index (χ0) is 21.4. The molecule has 3 N–H and O–H groups in total. The molecular formula is C21H25N3O5S. The lowest BCUT2D eigenvalue weighted by Gasteiger charge is -2.12. The number of hydrogen-bond acceptors (Lipinski definition) is 5. The molecule has 1 fully saturated rings. The maximum atomic E-state index is 12.4. The average molecular weight is 432 g/mol. The Morgan fingerprint density at radius 1 is 1.03 bits per heavy atom. The van der Waals surface area contributed by atoms with E-state index < -0.39 is 10.0 Å². The van der Waals surface area contributed by atoms with Crippen molar-refractivity contribution in [1.82, 2.24) is 10.0 Å². The number of amides is 2. The lowest BCUT2D eigenvalue weighted by molar-refractivity contribution is -0.116. The Kier molecular flexibility index (Phi) is 7.56. The average Bonchev–Trinajstić information content (AvgIpc) is 3.27. The van der Waals surface area contributed by atoms with E-state index >= 15 is 0 Å². The van der Waals surface area contributed by atoms with Crippen molar-refractivity contribution in [3.8, 4) is 0 Å². The van der Waals surface area contributed by atoms with Crippen LogP contribution in [0.5, 0.6) is 0 Å². The summed E-state index contributed by atoms with van der Waals surface area (Å²) in [5.74, 6) is -0.524. The minimum atomic E-state index is -3.63. The van der Waals surface area contributed by atoms with Crippen molar-refractivity contribution in [3.05, 3.63) is 60.2 Å². The van der Waals surface area contributed by atoms with Gasteiger partial charge in [0.05, 0.1) is 11.0 Å². The van der Waals surface area contributed by atoms with Crippen molar-refractivity contribution < 1.29 is 22.7 Å². The van der Waals surface area contributed by atoms with Crippen molar-refractivity contribution in [2.75, 3.05) is 25.0 Å². The number of sulfonamides is 1. The number of anilines is 1. The highest BCUT2D eigenvalue weighted by Gasteiger charge is 2.20. The fraction of sp³-hybridized carbons (Fsp3) is 0.333. The molecule has 0 spiro atoms. The Hall–Kier alpha value is -2.75. The van der Waals surface area contributed by atoms with Crippen LogP contribution in [0.15, 0.2) is 59.5 Å². The smallest absolute Gasteiger partial charge is 0.251 e. The molecule has 160 valence electrons. The summed E-state index contributed by atoms with van der Waals surface area (Å²) in [6, 6.07) is 14.7. The van der Waals surface area contributed by atoms with Crippen LogP contribution in [-0.2, 0) is 19.6 Å². The molecule has 8 nitrogen and oxygen atoms in total. The normalized spacial score (nSPS) is 16.2. The van der Waals surface area contributed by atoms with E-state index in [4.69, 9.17) is 4.74 Å². The summed E-state index contributed by atoms with van der Waals surface area (Å²) in [6.45, 7) is 1.10. The van der Waals surface area contributed by atoms with Crippen molar-refractivity contribution in [2.45, 2.75) is 30.3 Å². The van der Waals surface area contributed by atoms with E-state index in [-0.39, 0.29) is 42.3 Å². The van der Waals surface area contributed by atoms with Gasteiger partial charge in [-0.3, -0.25) is 9.59 Å². The first kappa shape index (κ1) is 21.9. The van der Waals surface area contributed by atoms with Crippen LogP contribution in [0.3, 0.4) is 0 Å². The van der Waals surface area contributed by atoms with Crippen LogP contribution in [0, 0.1) is 0 Å². The summed E-state index contributed by atoms with van der Waals surface area (Å²) in [5.41, 5.74) is 1.01. The molecule has 0 saturated carbocycles. The van der Waals surface area contributed by atoms with Crippen LogP contribution in [0.25, 0.3) is 0 Å². The topological polar surface area (TPSA) is 114 Å². The van der Waals surface area contributed by atoms with Gasteiger partial charge in [0.1, 0.15) is 0 Å². The minimum Gasteiger partial charge on any atom is -0.377 e. The summed E-state index contributed by atoms with van der Waals surface area (Å²) < 4.78 is 32.7. The molecule has 2 aromatic rings. The van der Waals surface area contributed by atoms with E-state index in [1.165, 1.54) is 24.3 Å². The van der Waals surface area contributed by atoms with Gasteiger partial charge in [0.25, 0.3) is 5.91 Å². The summed E-state index contributed by atoms with van der Waals surface area (Å²) >= 11 is 0. The van der Waals surface area contributed by atoms with Crippen LogP contribution in [-0.4, -0.2) is 46.0 Å². The molecule has 9 heteroatoms. The van der Waals surface area contributed by atoms with Crippen molar-refractivity contribution in [3.63, 3.8) is 0 Å². The van der Waals surface area contributed by atoms with E-state index in [0.717, 1.165) is 12.8 Å². The third-order valence-electron chi connectivity index (χ3n) is 4.65. The van der Waals surface area contributed by atoms with E-state index in [0.29, 0.717) is 17.9 Å². The lowest BCUT2D eigenvalue weighted by Crippen LogP contribution is -2.31. The van der Waals surface area contributed by atoms with Gasteiger partial charge in [0, 0.05) is 37.4 Å². The molecular weight excluding hydrogens is 406 g/mol. The standard InChI is InChI=1S/C21H25N3O5S/c25-20(12-13-22-21(26)16-5-2-1-3-6-16)24-17-8-10-19(11-9-17)30(27,28)23-15-18-7-4-14-29-18/h1-3,5-6,8-11,18,23H,4,7,12-15H2,(H,22,26)(H,24,25). The number of carbonyl (C=O) groups excluding carboxylic acids is 2. The van der Waals surface area contributed by atoms with Crippen molar-refractivity contribution in [2.24, 2.45) is 0 Å². The summed E-state index contributed by atoms with van der Waals surface area (Å²) in [4.78, 5) is 24.1. The number of carbonyl (C=O) groups is 2. The minimum absolute atomic E-state index is 0.0827. The number of hydrogen-bond donors (Lipinski definition) is 3. The number of nitrogens with one attached hydrogen (secondary N) is 3. The number of rotatable bonds is 9. The van der Waals surface area contributed by atoms with Gasteiger partial charge in [-0.15, -0.1) is 0 Å². The van der Waals surface area contributed by atoms with Gasteiger partial charge in [-0.05, 0) is 49.2 Å². The first-order chi connectivity index (χ1) is 14.4. The van der Waals surface area contributed by atoms with Crippen LogP contribution < -0.4 is 15.4 Å². The molecule has 3 rings (SSSR count). The Morgan fingerprint density at radius 3 is 2.43 bits per heavy atom. The molecule has 1 heterocycles. The van der Waals surface area contributed by atoms with Gasteiger partial charge in [-0.2, -0.15) is 0 Å². The molecule has 1 saturated heterocycles. The van der Waals surface area contributed by atoms with Crippen molar-refractivity contribution >= 4 is 27.5 Å². The van der Waals surface area contributed by atoms with Crippen LogP contribution in [0.4, 0.5) is 5.69 Å². The summed E-state index contributed by atoms with van der Waals surface area (Å²) in [6.07, 6.45) is 1.80. The molecule has 0 aliphatic carbocycles. The van der Waals surface area contributed by atoms with Gasteiger partial charge in [-0.25, -0.2) is 13.1 Å². The first-order valence-corrected chi connectivity index (χ1v) is 11.3. The maximum absolute atomic E-state index is 12.4. The predicted octanol–water partition coefficient (Wildman–Crippen LogP) is 1.90. The Bertz CT molecular complexity index is 956. The molecule has 1 unspecified atom stereocenters. The third-order valence-corrected chi connectivity index (χ3v) is 6.09. The van der Waals surface area contributed by atoms with Gasteiger partial charge in [0.2, 0.25) is 15.9 Å². The fourth-order valence-corrected chi connectivity index (χ4v) is 4.08. The second-order valence-corrected chi connectivity index (χ2v) is 8.70. The van der Waals surface area contributed by atoms with E-state index in [9.17, 15) is 18.0 Å². The highest BCUT2D eigenvalue weighted by atomic mass is 32.2. The monoisotopic (exact) mass is 431 g/mol. The summed E-state index contributed by atoms with van der Waals surface area (Å²) in [5, 5.41) is 5.37. The highest BCUT2D eigenvalue weighted by molar-refractivity contribution is 7.89. The van der Waals surface area contributed by atoms with E-state index in [1.54, 1.807) is 24.3 Å². The SMILES string of the molecule is O=C(CCNC(=O)c1ccccc1)Nc1ccc(S(=O)(=O)NCC2CCCO2)cc1. The number of ether oxygens (including phenoxy) is 1. The predicted molar refractivity (Wildman–Crippen MR) is 113 cm³/mol. The van der Waals surface area contributed by atoms with Gasteiger partial charge < -0.3 is 15.4 Å². The van der Waals surface area contributed by atoms with Crippen LogP contribution in [0.2, 0.25) is 0 Å². The molecule has 2 amide bonds. The molecule has 0 aromatic heterocycles. The summed E-state index contributed by atoms with van der Waals surface area (Å²) in [7, 11) is -3.63. The first-order valence-electron chi connectivity index (χ1n) is 9.78. The maximum Gasteiger partial charge on any atom is 0.251 e. The van der Waals surface area contributed by atoms with Gasteiger partial charge >= 0.3 is 0 Å². The van der Waals surface area contributed by atoms with E-state index in [2.05, 4.69) is 15.4 Å². The molecule has 0 radical (unpaired) electrons. The molecule has 2 aromatic carbocycles. The molecule has 30 heavy (non-hydrogen) atoms. The van der Waals surface area contributed by atoms with Crippen LogP contribution >= 0.6 is 0 Å². The molecule has 1 aliphatic heterocycles. The molecule has 0 bridgehead atoms. The fourth-order valence-electron chi connectivity index (χ4n) is 3.01. The molecule has 1 aliphatic rings. The second kappa shape index (κ2) is 10.3. The lowest BCUT2D eigenvalue weighted by atomic mass is 10.2. The van der Waals surface area contributed by atoms with E-state index in [1.807, 2.05) is 6.07 Å². The zero-order valence-corrected chi connectivity index (χ0v) is 17.3. The zero-order valence-electron chi connectivity index (χ0n) is 16.5. The second-order valence-electron chi connectivity index (χ2n) is 6.93. The van der Waals surface area contributed by atoms with Crippen LogP contribution in [0.1, 0.15) is 29.6 Å². The van der Waals surface area contributed by atoms with Crippen molar-refractivity contribution in [1.29, 1.82) is 0 Å². The Morgan fingerprint density at radius 2 is 1.77 bits per heavy atom. The quantitative estimate of drug-likeness (QED) is 0.561.